The fourth-order valence-corrected chi connectivity index (χ4v) is 2.11. The van der Waals surface area contributed by atoms with E-state index in [4.69, 9.17) is 4.74 Å². The molecule has 1 atom stereocenters. The number of hydrogen-bond donors (Lipinski definition) is 0. The molecule has 3 heteroatoms. The highest BCUT2D eigenvalue weighted by molar-refractivity contribution is 9.10. The molecule has 0 amide bonds. The molecule has 2 nitrogen and oxygen atoms in total. The summed E-state index contributed by atoms with van der Waals surface area (Å²) in [6, 6.07) is 8.03. The minimum absolute atomic E-state index is 0.0701. The van der Waals surface area contributed by atoms with E-state index in [9.17, 15) is 4.79 Å². The number of benzene rings is 1. The Morgan fingerprint density at radius 1 is 1.44 bits per heavy atom. The summed E-state index contributed by atoms with van der Waals surface area (Å²) >= 11 is 3.43. The lowest BCUT2D eigenvalue weighted by Gasteiger charge is -2.18. The molecule has 0 aliphatic heterocycles. The average Bonchev–Trinajstić information content (AvgIpc) is 2.24. The summed E-state index contributed by atoms with van der Waals surface area (Å²) in [4.78, 5) is 11.6. The molecule has 0 spiro atoms. The molecular formula is C13H17BrO2. The highest BCUT2D eigenvalue weighted by Crippen LogP contribution is 2.20. The minimum atomic E-state index is -0.130. The lowest BCUT2D eigenvalue weighted by Crippen LogP contribution is -2.23. The van der Waals surface area contributed by atoms with Gasteiger partial charge in [0.15, 0.2) is 0 Å². The van der Waals surface area contributed by atoms with E-state index in [1.807, 2.05) is 38.1 Å². The van der Waals surface area contributed by atoms with Crippen molar-refractivity contribution in [1.29, 1.82) is 0 Å². The van der Waals surface area contributed by atoms with Crippen molar-refractivity contribution < 1.29 is 9.53 Å². The van der Waals surface area contributed by atoms with Gasteiger partial charge in [-0.2, -0.15) is 0 Å². The quantitative estimate of drug-likeness (QED) is 0.792. The Morgan fingerprint density at radius 3 is 2.62 bits per heavy atom. The Hall–Kier alpha value is -0.830. The summed E-state index contributed by atoms with van der Waals surface area (Å²) in [5.41, 5.74) is 1.15. The predicted molar refractivity (Wildman–Crippen MR) is 68.2 cm³/mol. The molecule has 0 radical (unpaired) electrons. The van der Waals surface area contributed by atoms with Gasteiger partial charge in [-0.25, -0.2) is 0 Å². The van der Waals surface area contributed by atoms with Crippen LogP contribution in [0.4, 0.5) is 0 Å². The van der Waals surface area contributed by atoms with Gasteiger partial charge in [0.1, 0.15) is 0 Å². The van der Waals surface area contributed by atoms with Crippen LogP contribution in [0.1, 0.15) is 19.4 Å². The summed E-state index contributed by atoms with van der Waals surface area (Å²) in [7, 11) is 1.44. The number of esters is 1. The van der Waals surface area contributed by atoms with E-state index in [0.29, 0.717) is 0 Å². The number of carbonyl (C=O) groups is 1. The van der Waals surface area contributed by atoms with Gasteiger partial charge < -0.3 is 4.74 Å². The van der Waals surface area contributed by atoms with E-state index >= 15 is 0 Å². The van der Waals surface area contributed by atoms with Crippen LogP contribution in [0.15, 0.2) is 28.7 Å². The van der Waals surface area contributed by atoms with Crippen LogP contribution in [0.25, 0.3) is 0 Å². The molecule has 1 aromatic carbocycles. The number of methoxy groups -OCH3 is 1. The first-order chi connectivity index (χ1) is 7.54. The molecule has 0 fully saturated rings. The van der Waals surface area contributed by atoms with Crippen molar-refractivity contribution in [2.45, 2.75) is 20.3 Å². The molecule has 88 valence electrons. The molecule has 0 bridgehead atoms. The topological polar surface area (TPSA) is 26.3 Å². The molecule has 1 unspecified atom stereocenters. The largest absolute Gasteiger partial charge is 0.469 e. The summed E-state index contributed by atoms with van der Waals surface area (Å²) in [5.74, 6) is 0.0840. The van der Waals surface area contributed by atoms with Gasteiger partial charge in [-0.1, -0.05) is 41.9 Å². The van der Waals surface area contributed by atoms with Crippen molar-refractivity contribution in [3.05, 3.63) is 34.3 Å². The minimum Gasteiger partial charge on any atom is -0.469 e. The average molecular weight is 285 g/mol. The number of hydrogen-bond acceptors (Lipinski definition) is 2. The molecule has 16 heavy (non-hydrogen) atoms. The molecule has 0 N–H and O–H groups in total. The van der Waals surface area contributed by atoms with Crippen LogP contribution in [0.3, 0.4) is 0 Å². The molecular weight excluding hydrogens is 268 g/mol. The summed E-state index contributed by atoms with van der Waals surface area (Å²) in [6.07, 6.45) is 0.726. The first-order valence-corrected chi connectivity index (χ1v) is 6.16. The Balaban J connectivity index is 2.79. The third-order valence-corrected chi connectivity index (χ3v) is 3.15. The van der Waals surface area contributed by atoms with Crippen LogP contribution in [0, 0.1) is 11.8 Å². The second-order valence-corrected chi connectivity index (χ2v) is 5.12. The number of halogens is 1. The van der Waals surface area contributed by atoms with Crippen molar-refractivity contribution >= 4 is 21.9 Å². The zero-order valence-corrected chi connectivity index (χ0v) is 11.5. The summed E-state index contributed by atoms with van der Waals surface area (Å²) in [6.45, 7) is 4.08. The lowest BCUT2D eigenvalue weighted by atomic mass is 9.89. The molecule has 1 rings (SSSR count). The SMILES string of the molecule is COC(=O)C(Cc1cccc(Br)c1)C(C)C. The maximum absolute atomic E-state index is 11.6. The second kappa shape index (κ2) is 6.04. The Bertz CT molecular complexity index is 361. The molecule has 1 aromatic rings. The highest BCUT2D eigenvalue weighted by atomic mass is 79.9. The third-order valence-electron chi connectivity index (χ3n) is 2.65. The van der Waals surface area contributed by atoms with Crippen LogP contribution < -0.4 is 0 Å². The smallest absolute Gasteiger partial charge is 0.309 e. The van der Waals surface area contributed by atoms with Crippen molar-refractivity contribution in [3.8, 4) is 0 Å². The molecule has 0 saturated carbocycles. The fraction of sp³-hybridized carbons (Fsp3) is 0.462. The van der Waals surface area contributed by atoms with Crippen LogP contribution in [-0.2, 0) is 16.0 Å². The third kappa shape index (κ3) is 3.63. The van der Waals surface area contributed by atoms with Crippen molar-refractivity contribution in [3.63, 3.8) is 0 Å². The number of ether oxygens (including phenoxy) is 1. The highest BCUT2D eigenvalue weighted by Gasteiger charge is 2.23. The van der Waals surface area contributed by atoms with Crippen molar-refractivity contribution in [2.75, 3.05) is 7.11 Å². The standard InChI is InChI=1S/C13H17BrO2/c1-9(2)12(13(15)16-3)8-10-5-4-6-11(14)7-10/h4-7,9,12H,8H2,1-3H3. The molecule has 0 aliphatic rings. The van der Waals surface area contributed by atoms with E-state index in [1.165, 1.54) is 7.11 Å². The van der Waals surface area contributed by atoms with Gasteiger partial charge in [0.05, 0.1) is 13.0 Å². The molecule has 0 aliphatic carbocycles. The first-order valence-electron chi connectivity index (χ1n) is 5.37. The van der Waals surface area contributed by atoms with Crippen molar-refractivity contribution in [2.24, 2.45) is 11.8 Å². The number of rotatable bonds is 4. The van der Waals surface area contributed by atoms with E-state index < -0.39 is 0 Å². The van der Waals surface area contributed by atoms with Gasteiger partial charge in [0.2, 0.25) is 0 Å². The lowest BCUT2D eigenvalue weighted by molar-refractivity contribution is -0.146. The summed E-state index contributed by atoms with van der Waals surface area (Å²) in [5, 5.41) is 0. The maximum Gasteiger partial charge on any atom is 0.309 e. The van der Waals surface area contributed by atoms with Crippen molar-refractivity contribution in [1.82, 2.24) is 0 Å². The van der Waals surface area contributed by atoms with E-state index in [2.05, 4.69) is 15.9 Å². The number of carbonyl (C=O) groups excluding carboxylic acids is 1. The van der Waals surface area contributed by atoms with E-state index in [0.717, 1.165) is 16.5 Å². The fourth-order valence-electron chi connectivity index (χ4n) is 1.66. The van der Waals surface area contributed by atoms with Crippen LogP contribution in [-0.4, -0.2) is 13.1 Å². The predicted octanol–water partition coefficient (Wildman–Crippen LogP) is 3.44. The first kappa shape index (κ1) is 13.2. The monoisotopic (exact) mass is 284 g/mol. The van der Waals surface area contributed by atoms with Gasteiger partial charge in [0, 0.05) is 4.47 Å². The van der Waals surface area contributed by atoms with Gasteiger partial charge in [-0.15, -0.1) is 0 Å². The van der Waals surface area contributed by atoms with Crippen LogP contribution in [0.2, 0.25) is 0 Å². The zero-order valence-electron chi connectivity index (χ0n) is 9.87. The zero-order chi connectivity index (χ0) is 12.1. The molecule has 0 aromatic heterocycles. The molecule has 0 heterocycles. The summed E-state index contributed by atoms with van der Waals surface area (Å²) < 4.78 is 5.86. The van der Waals surface area contributed by atoms with E-state index in [-0.39, 0.29) is 17.8 Å². The molecule has 0 saturated heterocycles. The van der Waals surface area contributed by atoms with Gasteiger partial charge in [-0.3, -0.25) is 4.79 Å². The Labute approximate surface area is 105 Å². The van der Waals surface area contributed by atoms with Gasteiger partial charge in [0.25, 0.3) is 0 Å². The maximum atomic E-state index is 11.6. The Morgan fingerprint density at radius 2 is 2.12 bits per heavy atom. The normalized spacial score (nSPS) is 12.6. The van der Waals surface area contributed by atoms with Gasteiger partial charge >= 0.3 is 5.97 Å². The van der Waals surface area contributed by atoms with E-state index in [1.54, 1.807) is 0 Å². The van der Waals surface area contributed by atoms with Crippen LogP contribution >= 0.6 is 15.9 Å². The van der Waals surface area contributed by atoms with Crippen LogP contribution in [0.5, 0.6) is 0 Å². The van der Waals surface area contributed by atoms with Gasteiger partial charge in [-0.05, 0) is 30.0 Å². The Kier molecular flexibility index (Phi) is 5.00. The second-order valence-electron chi connectivity index (χ2n) is 4.21.